The summed E-state index contributed by atoms with van der Waals surface area (Å²) in [4.78, 5) is 21.6. The normalized spacial score (nSPS) is 15.5. The zero-order valence-electron chi connectivity index (χ0n) is 7.97. The Kier molecular flexibility index (Phi) is 2.81. The van der Waals surface area contributed by atoms with Crippen molar-refractivity contribution < 1.29 is 9.90 Å². The lowest BCUT2D eigenvalue weighted by molar-refractivity contribution is -0.136. The van der Waals surface area contributed by atoms with Crippen molar-refractivity contribution in [3.63, 3.8) is 0 Å². The van der Waals surface area contributed by atoms with E-state index in [1.807, 2.05) is 0 Å². The van der Waals surface area contributed by atoms with E-state index in [2.05, 4.69) is 10.2 Å². The Labute approximate surface area is 89.7 Å². The number of rotatable bonds is 5. The molecule has 0 atom stereocenters. The predicted molar refractivity (Wildman–Crippen MR) is 54.1 cm³/mol. The van der Waals surface area contributed by atoms with E-state index in [0.29, 0.717) is 10.9 Å². The molecule has 0 aromatic carbocycles. The number of carboxylic acids is 1. The molecule has 15 heavy (non-hydrogen) atoms. The zero-order valence-corrected chi connectivity index (χ0v) is 8.79. The van der Waals surface area contributed by atoms with Crippen LogP contribution in [0.4, 0.5) is 0 Å². The Bertz CT molecular complexity index is 421. The van der Waals surface area contributed by atoms with Gasteiger partial charge >= 0.3 is 11.7 Å². The molecule has 7 heteroatoms. The number of aliphatic carboxylic acids is 1. The van der Waals surface area contributed by atoms with Crippen LogP contribution in [-0.4, -0.2) is 31.6 Å². The van der Waals surface area contributed by atoms with Crippen molar-refractivity contribution >= 4 is 17.7 Å². The van der Waals surface area contributed by atoms with Gasteiger partial charge in [0, 0.05) is 11.8 Å². The van der Waals surface area contributed by atoms with Crippen LogP contribution in [0, 0.1) is 0 Å². The molecule has 6 nitrogen and oxygen atoms in total. The van der Waals surface area contributed by atoms with Crippen LogP contribution in [0.2, 0.25) is 0 Å². The van der Waals surface area contributed by atoms with Crippen LogP contribution in [-0.2, 0) is 4.79 Å². The molecule has 0 amide bonds. The van der Waals surface area contributed by atoms with Gasteiger partial charge in [-0.1, -0.05) is 11.8 Å². The van der Waals surface area contributed by atoms with Gasteiger partial charge in [0.1, 0.15) is 0 Å². The quantitative estimate of drug-likeness (QED) is 0.717. The van der Waals surface area contributed by atoms with Crippen LogP contribution in [0.5, 0.6) is 0 Å². The van der Waals surface area contributed by atoms with E-state index in [1.54, 1.807) is 4.57 Å². The third-order valence-electron chi connectivity index (χ3n) is 2.13. The highest BCUT2D eigenvalue weighted by atomic mass is 32.2. The van der Waals surface area contributed by atoms with Gasteiger partial charge < -0.3 is 5.11 Å². The summed E-state index contributed by atoms with van der Waals surface area (Å²) < 4.78 is 1.62. The maximum atomic E-state index is 11.3. The van der Waals surface area contributed by atoms with Crippen LogP contribution in [0.3, 0.4) is 0 Å². The van der Waals surface area contributed by atoms with Gasteiger partial charge in [-0.15, -0.1) is 5.10 Å². The van der Waals surface area contributed by atoms with Gasteiger partial charge in [0.05, 0.1) is 6.42 Å². The molecule has 1 fully saturated rings. The molecule has 0 unspecified atom stereocenters. The second-order valence-electron chi connectivity index (χ2n) is 3.40. The van der Waals surface area contributed by atoms with Gasteiger partial charge in [0.15, 0.2) is 5.16 Å². The first kappa shape index (κ1) is 10.3. The average Bonchev–Trinajstić information content (AvgIpc) is 2.92. The fourth-order valence-corrected chi connectivity index (χ4v) is 2.22. The van der Waals surface area contributed by atoms with Gasteiger partial charge in [-0.05, 0) is 12.8 Å². The minimum absolute atomic E-state index is 0.0797. The van der Waals surface area contributed by atoms with E-state index >= 15 is 0 Å². The second-order valence-corrected chi connectivity index (χ2v) is 4.47. The van der Waals surface area contributed by atoms with Gasteiger partial charge in [-0.25, -0.2) is 9.89 Å². The average molecular weight is 229 g/mol. The highest BCUT2D eigenvalue weighted by Crippen LogP contribution is 2.35. The molecule has 2 N–H and O–H groups in total. The summed E-state index contributed by atoms with van der Waals surface area (Å²) in [5.41, 5.74) is -0.199. The molecule has 0 saturated heterocycles. The Morgan fingerprint density at radius 2 is 2.40 bits per heavy atom. The minimum atomic E-state index is -0.835. The van der Waals surface area contributed by atoms with E-state index in [0.717, 1.165) is 12.8 Å². The number of aromatic nitrogens is 3. The van der Waals surface area contributed by atoms with Crippen molar-refractivity contribution in [3.8, 4) is 0 Å². The molecule has 0 spiro atoms. The molecule has 1 aromatic heterocycles. The third-order valence-corrected chi connectivity index (χ3v) is 3.09. The Morgan fingerprint density at radius 3 is 3.00 bits per heavy atom. The highest BCUT2D eigenvalue weighted by molar-refractivity contribution is 7.99. The topological polar surface area (TPSA) is 88.0 Å². The fraction of sp³-hybridized carbons (Fsp3) is 0.625. The second kappa shape index (κ2) is 4.09. The molecule has 1 heterocycles. The Hall–Kier alpha value is -1.24. The predicted octanol–water partition coefficient (Wildman–Crippen LogP) is 0.473. The number of thioether (sulfide) groups is 1. The van der Waals surface area contributed by atoms with Crippen LogP contribution in [0.1, 0.15) is 25.3 Å². The molecule has 0 aliphatic heterocycles. The van der Waals surface area contributed by atoms with Crippen LogP contribution in [0.15, 0.2) is 9.95 Å². The number of aromatic amines is 1. The number of H-pyrrole nitrogens is 1. The smallest absolute Gasteiger partial charge is 0.344 e. The van der Waals surface area contributed by atoms with Crippen molar-refractivity contribution in [2.24, 2.45) is 0 Å². The van der Waals surface area contributed by atoms with Crippen LogP contribution >= 0.6 is 11.8 Å². The molecule has 1 aromatic rings. The first-order valence-electron chi connectivity index (χ1n) is 4.70. The van der Waals surface area contributed by atoms with Gasteiger partial charge in [0.25, 0.3) is 0 Å². The van der Waals surface area contributed by atoms with Crippen molar-refractivity contribution in [3.05, 3.63) is 10.5 Å². The number of carbonyl (C=O) groups is 1. The molecule has 1 saturated carbocycles. The van der Waals surface area contributed by atoms with E-state index in [-0.39, 0.29) is 18.2 Å². The lowest BCUT2D eigenvalue weighted by Crippen LogP contribution is -2.16. The molecule has 1 aliphatic rings. The molecular weight excluding hydrogens is 218 g/mol. The number of carboxylic acid groups (broad SMARTS) is 1. The summed E-state index contributed by atoms with van der Waals surface area (Å²) in [7, 11) is 0. The summed E-state index contributed by atoms with van der Waals surface area (Å²) in [5, 5.41) is 15.3. The van der Waals surface area contributed by atoms with Gasteiger partial charge in [-0.2, -0.15) is 0 Å². The van der Waals surface area contributed by atoms with E-state index in [4.69, 9.17) is 5.11 Å². The molecule has 82 valence electrons. The third kappa shape index (κ3) is 2.41. The zero-order chi connectivity index (χ0) is 10.8. The molecule has 2 rings (SSSR count). The summed E-state index contributed by atoms with van der Waals surface area (Å²) in [6.45, 7) is 0. The molecular formula is C8H11N3O3S. The standard InChI is InChI=1S/C8H11N3O3S/c12-6(13)3-4-15-8-10-9-7(14)11(8)5-1-2-5/h5H,1-4H2,(H,9,14)(H,12,13). The maximum absolute atomic E-state index is 11.3. The monoisotopic (exact) mass is 229 g/mol. The highest BCUT2D eigenvalue weighted by Gasteiger charge is 2.28. The number of hydrogen-bond acceptors (Lipinski definition) is 4. The van der Waals surface area contributed by atoms with Gasteiger partial charge in [0.2, 0.25) is 0 Å². The maximum Gasteiger partial charge on any atom is 0.344 e. The van der Waals surface area contributed by atoms with E-state index < -0.39 is 5.97 Å². The molecule has 1 aliphatic carbocycles. The van der Waals surface area contributed by atoms with E-state index in [1.165, 1.54) is 11.8 Å². The van der Waals surface area contributed by atoms with Crippen molar-refractivity contribution in [2.45, 2.75) is 30.5 Å². The van der Waals surface area contributed by atoms with Crippen molar-refractivity contribution in [2.75, 3.05) is 5.75 Å². The number of nitrogens with one attached hydrogen (secondary N) is 1. The number of hydrogen-bond donors (Lipinski definition) is 2. The SMILES string of the molecule is O=C(O)CCSc1n[nH]c(=O)n1C1CC1. The van der Waals surface area contributed by atoms with Crippen molar-refractivity contribution in [1.82, 2.24) is 14.8 Å². The van der Waals surface area contributed by atoms with Crippen LogP contribution < -0.4 is 5.69 Å². The summed E-state index contributed by atoms with van der Waals surface area (Å²) in [6, 6.07) is 0.267. The number of nitrogens with zero attached hydrogens (tertiary/aromatic N) is 2. The summed E-state index contributed by atoms with van der Waals surface area (Å²) >= 11 is 1.30. The lowest BCUT2D eigenvalue weighted by Gasteiger charge is -2.01. The summed E-state index contributed by atoms with van der Waals surface area (Å²) in [6.07, 6.45) is 2.09. The van der Waals surface area contributed by atoms with Gasteiger partial charge in [-0.3, -0.25) is 9.36 Å². The molecule has 0 radical (unpaired) electrons. The van der Waals surface area contributed by atoms with Crippen LogP contribution in [0.25, 0.3) is 0 Å². The van der Waals surface area contributed by atoms with Crippen molar-refractivity contribution in [1.29, 1.82) is 0 Å². The lowest BCUT2D eigenvalue weighted by atomic mass is 10.5. The summed E-state index contributed by atoms with van der Waals surface area (Å²) in [5.74, 6) is -0.398. The fourth-order valence-electron chi connectivity index (χ4n) is 1.28. The first-order valence-corrected chi connectivity index (χ1v) is 5.68. The minimum Gasteiger partial charge on any atom is -0.481 e. The van der Waals surface area contributed by atoms with E-state index in [9.17, 15) is 9.59 Å². The first-order chi connectivity index (χ1) is 7.18. The largest absolute Gasteiger partial charge is 0.481 e. The Balaban J connectivity index is 2.01. The Morgan fingerprint density at radius 1 is 1.67 bits per heavy atom. The molecule has 0 bridgehead atoms.